The van der Waals surface area contributed by atoms with Gasteiger partial charge in [0.15, 0.2) is 0 Å². The highest BCUT2D eigenvalue weighted by Crippen LogP contribution is 2.14. The number of carbonyl (C=O) groups excluding carboxylic acids is 2. The van der Waals surface area contributed by atoms with Gasteiger partial charge in [-0.3, -0.25) is 15.6 Å². The van der Waals surface area contributed by atoms with Gasteiger partial charge in [-0.2, -0.15) is 4.57 Å². The lowest BCUT2D eigenvalue weighted by Crippen LogP contribution is -2.38. The van der Waals surface area contributed by atoms with Gasteiger partial charge >= 0.3 is 11.7 Å². The van der Waals surface area contributed by atoms with E-state index in [0.29, 0.717) is 22.4 Å². The van der Waals surface area contributed by atoms with Crippen molar-refractivity contribution in [1.29, 1.82) is 0 Å². The molecule has 9 nitrogen and oxygen atoms in total. The minimum atomic E-state index is -0.833. The van der Waals surface area contributed by atoms with E-state index in [1.165, 1.54) is 32.1 Å². The lowest BCUT2D eigenvalue weighted by Gasteiger charge is -2.10. The summed E-state index contributed by atoms with van der Waals surface area (Å²) in [6.07, 6.45) is 9.66. The molecule has 0 aliphatic heterocycles. The number of rotatable bonds is 11. The van der Waals surface area contributed by atoms with Gasteiger partial charge in [-0.25, -0.2) is 9.59 Å². The van der Waals surface area contributed by atoms with Crippen LogP contribution in [0.2, 0.25) is 0 Å². The van der Waals surface area contributed by atoms with Crippen LogP contribution in [0.3, 0.4) is 0 Å². The largest absolute Gasteiger partial charge is 0.493 e. The normalized spacial score (nSPS) is 10.5. The molecule has 29 heavy (non-hydrogen) atoms. The molecule has 0 saturated heterocycles. The van der Waals surface area contributed by atoms with E-state index in [2.05, 4.69) is 28.1 Å². The number of benzene rings is 1. The first kappa shape index (κ1) is 22.1. The number of anilines is 2. The summed E-state index contributed by atoms with van der Waals surface area (Å²) in [7, 11) is 0. The third kappa shape index (κ3) is 7.36. The van der Waals surface area contributed by atoms with Crippen molar-refractivity contribution < 1.29 is 14.7 Å². The number of unbranched alkanes of at least 4 members (excludes halogenated alkanes) is 6. The zero-order valence-corrected chi connectivity index (χ0v) is 16.7. The molecule has 9 heteroatoms. The van der Waals surface area contributed by atoms with Crippen LogP contribution in [-0.4, -0.2) is 26.6 Å². The van der Waals surface area contributed by atoms with Crippen molar-refractivity contribution in [2.75, 3.05) is 10.7 Å². The fraction of sp³-hybridized carbons (Fsp3) is 0.450. The van der Waals surface area contributed by atoms with E-state index in [-0.39, 0.29) is 5.91 Å². The smallest absolute Gasteiger partial charge is 0.351 e. The maximum Gasteiger partial charge on any atom is 0.351 e. The minimum Gasteiger partial charge on any atom is -0.493 e. The van der Waals surface area contributed by atoms with Crippen molar-refractivity contribution in [3.8, 4) is 5.88 Å². The number of aromatic amines is 1. The molecular weight excluding hydrogens is 374 g/mol. The van der Waals surface area contributed by atoms with Gasteiger partial charge in [0.05, 0.1) is 11.9 Å². The molecule has 2 aromatic rings. The molecule has 0 unspecified atom stereocenters. The van der Waals surface area contributed by atoms with E-state index >= 15 is 0 Å². The van der Waals surface area contributed by atoms with E-state index in [0.717, 1.165) is 19.0 Å². The maximum atomic E-state index is 12.0. The molecule has 158 valence electrons. The number of aromatic nitrogens is 2. The van der Waals surface area contributed by atoms with Crippen molar-refractivity contribution in [3.05, 3.63) is 40.9 Å². The summed E-state index contributed by atoms with van der Waals surface area (Å²) >= 11 is 0. The number of hydrogen-bond donors (Lipinski definition) is 5. The van der Waals surface area contributed by atoms with Crippen molar-refractivity contribution in [2.24, 2.45) is 0 Å². The highest BCUT2D eigenvalue weighted by atomic mass is 16.3. The van der Waals surface area contributed by atoms with Gasteiger partial charge in [0.2, 0.25) is 11.8 Å². The van der Waals surface area contributed by atoms with E-state index in [9.17, 15) is 19.5 Å². The first-order chi connectivity index (χ1) is 14.0. The second kappa shape index (κ2) is 11.6. The number of hydrazine groups is 1. The lowest BCUT2D eigenvalue weighted by molar-refractivity contribution is -0.116. The minimum absolute atomic E-state index is 0.0186. The number of amides is 2. The molecule has 2 amide bonds. The molecule has 0 spiro atoms. The SMILES string of the molecule is CCCCCCCCCC(=O)Nc1ccc(NNC(=O)n2c(O)c[nH]c2=O)cc1. The molecule has 1 aromatic carbocycles. The summed E-state index contributed by atoms with van der Waals surface area (Å²) in [5.41, 5.74) is 5.40. The fourth-order valence-corrected chi connectivity index (χ4v) is 2.84. The van der Waals surface area contributed by atoms with Crippen molar-refractivity contribution in [1.82, 2.24) is 15.0 Å². The summed E-state index contributed by atoms with van der Waals surface area (Å²) in [5, 5.41) is 12.3. The number of H-pyrrole nitrogens is 1. The Bertz CT molecular complexity index is 841. The second-order valence-electron chi connectivity index (χ2n) is 6.84. The first-order valence-corrected chi connectivity index (χ1v) is 9.97. The molecule has 0 fully saturated rings. The van der Waals surface area contributed by atoms with Crippen molar-refractivity contribution in [2.45, 2.75) is 58.3 Å². The summed E-state index contributed by atoms with van der Waals surface area (Å²) in [6.45, 7) is 2.20. The molecule has 1 aromatic heterocycles. The highest BCUT2D eigenvalue weighted by molar-refractivity contribution is 5.90. The van der Waals surface area contributed by atoms with Gasteiger partial charge in [-0.15, -0.1) is 0 Å². The number of hydrogen-bond acceptors (Lipinski definition) is 5. The number of imidazole rings is 1. The zero-order valence-electron chi connectivity index (χ0n) is 16.7. The maximum absolute atomic E-state index is 12.0. The van der Waals surface area contributed by atoms with Crippen LogP contribution in [0, 0.1) is 0 Å². The lowest BCUT2D eigenvalue weighted by atomic mass is 10.1. The third-order valence-electron chi connectivity index (χ3n) is 4.45. The standard InChI is InChI=1S/C20H29N5O4/c1-2-3-4-5-6-7-8-9-17(26)22-15-10-12-16(13-11-15)23-24-20(29)25-18(27)14-21-19(25)28/h10-14,23,27H,2-9H2,1H3,(H,21,28)(H,22,26)(H,24,29). The number of carbonyl (C=O) groups is 2. The van der Waals surface area contributed by atoms with E-state index < -0.39 is 17.6 Å². The van der Waals surface area contributed by atoms with Crippen LogP contribution in [0.5, 0.6) is 5.88 Å². The Balaban J connectivity index is 1.69. The van der Waals surface area contributed by atoms with E-state index in [4.69, 9.17) is 0 Å². The first-order valence-electron chi connectivity index (χ1n) is 9.97. The molecular formula is C20H29N5O4. The fourth-order valence-electron chi connectivity index (χ4n) is 2.84. The van der Waals surface area contributed by atoms with Gasteiger partial charge in [-0.05, 0) is 30.7 Å². The number of nitrogens with zero attached hydrogens (tertiary/aromatic N) is 1. The topological polar surface area (TPSA) is 128 Å². The van der Waals surface area contributed by atoms with Gasteiger partial charge < -0.3 is 15.4 Å². The van der Waals surface area contributed by atoms with Crippen LogP contribution >= 0.6 is 0 Å². The van der Waals surface area contributed by atoms with Crippen molar-refractivity contribution >= 4 is 23.3 Å². The average molecular weight is 403 g/mol. The Morgan fingerprint density at radius 1 is 1.00 bits per heavy atom. The molecule has 0 saturated carbocycles. The molecule has 0 radical (unpaired) electrons. The van der Waals surface area contributed by atoms with Crippen LogP contribution in [0.15, 0.2) is 35.3 Å². The summed E-state index contributed by atoms with van der Waals surface area (Å²) in [4.78, 5) is 37.5. The Hall–Kier alpha value is -3.23. The molecule has 0 aliphatic rings. The number of aromatic hydroxyl groups is 1. The highest BCUT2D eigenvalue weighted by Gasteiger charge is 2.12. The van der Waals surface area contributed by atoms with E-state index in [1.807, 2.05) is 0 Å². The van der Waals surface area contributed by atoms with Crippen molar-refractivity contribution in [3.63, 3.8) is 0 Å². The Kier molecular flexibility index (Phi) is 8.81. The molecule has 0 aliphatic carbocycles. The van der Waals surface area contributed by atoms with Crippen LogP contribution in [0.4, 0.5) is 16.2 Å². The van der Waals surface area contributed by atoms with Gasteiger partial charge in [0.25, 0.3) is 0 Å². The predicted octanol–water partition coefficient (Wildman–Crippen LogP) is 3.55. The van der Waals surface area contributed by atoms with Crippen LogP contribution in [0.25, 0.3) is 0 Å². The molecule has 5 N–H and O–H groups in total. The van der Waals surface area contributed by atoms with Gasteiger partial charge in [0, 0.05) is 12.1 Å². The van der Waals surface area contributed by atoms with Crippen LogP contribution < -0.4 is 21.9 Å². The Labute approximate surface area is 169 Å². The molecule has 0 atom stereocenters. The van der Waals surface area contributed by atoms with Crippen LogP contribution in [-0.2, 0) is 4.79 Å². The summed E-state index contributed by atoms with van der Waals surface area (Å²) in [6, 6.07) is 5.92. The Morgan fingerprint density at radius 3 is 2.24 bits per heavy atom. The zero-order chi connectivity index (χ0) is 21.1. The second-order valence-corrected chi connectivity index (χ2v) is 6.84. The molecule has 0 bridgehead atoms. The summed E-state index contributed by atoms with van der Waals surface area (Å²) < 4.78 is 0.547. The van der Waals surface area contributed by atoms with E-state index in [1.54, 1.807) is 24.3 Å². The third-order valence-corrected chi connectivity index (χ3v) is 4.45. The monoisotopic (exact) mass is 403 g/mol. The van der Waals surface area contributed by atoms with Gasteiger partial charge in [0.1, 0.15) is 0 Å². The predicted molar refractivity (Wildman–Crippen MR) is 112 cm³/mol. The average Bonchev–Trinajstić information content (AvgIpc) is 3.05. The van der Waals surface area contributed by atoms with Gasteiger partial charge in [-0.1, -0.05) is 45.4 Å². The van der Waals surface area contributed by atoms with Crippen LogP contribution in [0.1, 0.15) is 58.3 Å². The number of nitrogens with one attached hydrogen (secondary N) is 4. The molecule has 2 rings (SSSR count). The summed E-state index contributed by atoms with van der Waals surface area (Å²) in [5.74, 6) is -0.511. The Morgan fingerprint density at radius 2 is 1.62 bits per heavy atom. The quantitative estimate of drug-likeness (QED) is 0.289. The molecule has 1 heterocycles.